The van der Waals surface area contributed by atoms with Crippen molar-refractivity contribution in [3.8, 4) is 0 Å². The summed E-state index contributed by atoms with van der Waals surface area (Å²) in [7, 11) is 0. The molecule has 7 heteroatoms. The molecule has 0 aliphatic rings. The molecule has 0 aliphatic carbocycles. The lowest BCUT2D eigenvalue weighted by Crippen LogP contribution is -2.28. The normalized spacial score (nSPS) is 10.1. The number of aryl methyl sites for hydroxylation is 1. The molecule has 0 aliphatic heterocycles. The third kappa shape index (κ3) is 3.35. The predicted molar refractivity (Wildman–Crippen MR) is 72.4 cm³/mol. The Bertz CT molecular complexity index is 623. The summed E-state index contributed by atoms with van der Waals surface area (Å²) in [4.78, 5) is 22.0. The standard InChI is InChI=1S/C13H13N3O4/c1-9-4-5-10(7-12(9)16(18)19)15-13(17)14-8-11-3-2-6-20-11/h2-7H,8H2,1H3,(H2,14,15,17). The van der Waals surface area contributed by atoms with Gasteiger partial charge in [-0.3, -0.25) is 10.1 Å². The quantitative estimate of drug-likeness (QED) is 0.662. The van der Waals surface area contributed by atoms with Crippen molar-refractivity contribution in [1.29, 1.82) is 0 Å². The van der Waals surface area contributed by atoms with Crippen molar-refractivity contribution in [3.05, 3.63) is 58.0 Å². The van der Waals surface area contributed by atoms with Crippen LogP contribution in [0.1, 0.15) is 11.3 Å². The molecule has 1 aromatic heterocycles. The summed E-state index contributed by atoms with van der Waals surface area (Å²) in [6, 6.07) is 7.51. The Kier molecular flexibility index (Phi) is 3.99. The number of carbonyl (C=O) groups excluding carboxylic acids is 1. The van der Waals surface area contributed by atoms with Crippen LogP contribution in [0.2, 0.25) is 0 Å². The van der Waals surface area contributed by atoms with Gasteiger partial charge in [0.1, 0.15) is 5.76 Å². The van der Waals surface area contributed by atoms with Gasteiger partial charge in [-0.15, -0.1) is 0 Å². The molecule has 2 aromatic rings. The number of amides is 2. The van der Waals surface area contributed by atoms with Crippen molar-refractivity contribution in [2.75, 3.05) is 5.32 Å². The van der Waals surface area contributed by atoms with Gasteiger partial charge in [-0.2, -0.15) is 0 Å². The molecule has 0 unspecified atom stereocenters. The molecule has 0 radical (unpaired) electrons. The fourth-order valence-corrected chi connectivity index (χ4v) is 1.64. The molecular formula is C13H13N3O4. The van der Waals surface area contributed by atoms with Crippen molar-refractivity contribution < 1.29 is 14.1 Å². The van der Waals surface area contributed by atoms with Crippen LogP contribution in [0, 0.1) is 17.0 Å². The molecule has 0 fully saturated rings. The number of rotatable bonds is 4. The minimum Gasteiger partial charge on any atom is -0.467 e. The van der Waals surface area contributed by atoms with E-state index in [-0.39, 0.29) is 12.2 Å². The van der Waals surface area contributed by atoms with Crippen LogP contribution in [0.25, 0.3) is 0 Å². The average Bonchev–Trinajstić information content (AvgIpc) is 2.91. The van der Waals surface area contributed by atoms with Crippen molar-refractivity contribution in [1.82, 2.24) is 5.32 Å². The van der Waals surface area contributed by atoms with E-state index >= 15 is 0 Å². The van der Waals surface area contributed by atoms with E-state index in [4.69, 9.17) is 4.42 Å². The summed E-state index contributed by atoms with van der Waals surface area (Å²) in [6.45, 7) is 1.88. The van der Waals surface area contributed by atoms with Crippen molar-refractivity contribution >= 4 is 17.4 Å². The molecule has 1 heterocycles. The summed E-state index contributed by atoms with van der Waals surface area (Å²) >= 11 is 0. The van der Waals surface area contributed by atoms with Gasteiger partial charge in [-0.1, -0.05) is 6.07 Å². The molecule has 0 saturated carbocycles. The first kappa shape index (κ1) is 13.6. The van der Waals surface area contributed by atoms with Crippen LogP contribution in [0.3, 0.4) is 0 Å². The van der Waals surface area contributed by atoms with Crippen molar-refractivity contribution in [3.63, 3.8) is 0 Å². The highest BCUT2D eigenvalue weighted by Crippen LogP contribution is 2.22. The van der Waals surface area contributed by atoms with Gasteiger partial charge in [0.2, 0.25) is 0 Å². The Balaban J connectivity index is 1.97. The fourth-order valence-electron chi connectivity index (χ4n) is 1.64. The Morgan fingerprint density at radius 2 is 2.20 bits per heavy atom. The maximum absolute atomic E-state index is 11.6. The highest BCUT2D eigenvalue weighted by Gasteiger charge is 2.12. The highest BCUT2D eigenvalue weighted by atomic mass is 16.6. The number of benzene rings is 1. The summed E-state index contributed by atoms with van der Waals surface area (Å²) in [5.41, 5.74) is 0.865. The van der Waals surface area contributed by atoms with Crippen LogP contribution < -0.4 is 10.6 Å². The topological polar surface area (TPSA) is 97.4 Å². The van der Waals surface area contributed by atoms with E-state index in [1.807, 2.05) is 0 Å². The Labute approximate surface area is 114 Å². The maximum Gasteiger partial charge on any atom is 0.319 e. The minimum atomic E-state index is -0.485. The molecule has 0 saturated heterocycles. The summed E-state index contributed by atoms with van der Waals surface area (Å²) in [6.07, 6.45) is 1.51. The molecule has 0 spiro atoms. The zero-order valence-corrected chi connectivity index (χ0v) is 10.8. The number of hydrogen-bond acceptors (Lipinski definition) is 4. The lowest BCUT2D eigenvalue weighted by Gasteiger charge is -2.07. The smallest absolute Gasteiger partial charge is 0.319 e. The maximum atomic E-state index is 11.6. The Morgan fingerprint density at radius 1 is 1.40 bits per heavy atom. The number of nitro groups is 1. The minimum absolute atomic E-state index is 0.0335. The largest absolute Gasteiger partial charge is 0.467 e. The van der Waals surface area contributed by atoms with Gasteiger partial charge in [-0.05, 0) is 25.1 Å². The summed E-state index contributed by atoms with van der Waals surface area (Å²) < 4.78 is 5.07. The third-order valence-electron chi connectivity index (χ3n) is 2.67. The second-order valence-electron chi connectivity index (χ2n) is 4.15. The van der Waals surface area contributed by atoms with Gasteiger partial charge < -0.3 is 15.1 Å². The SMILES string of the molecule is Cc1ccc(NC(=O)NCc2ccco2)cc1[N+](=O)[O-]. The van der Waals surface area contributed by atoms with E-state index < -0.39 is 11.0 Å². The van der Waals surface area contributed by atoms with Crippen LogP contribution in [0.4, 0.5) is 16.2 Å². The first-order valence-electron chi connectivity index (χ1n) is 5.88. The molecule has 1 aromatic carbocycles. The fraction of sp³-hybridized carbons (Fsp3) is 0.154. The van der Waals surface area contributed by atoms with Crippen molar-refractivity contribution in [2.24, 2.45) is 0 Å². The Hall–Kier alpha value is -2.83. The van der Waals surface area contributed by atoms with Crippen LogP contribution in [-0.4, -0.2) is 11.0 Å². The Morgan fingerprint density at radius 3 is 2.85 bits per heavy atom. The molecule has 7 nitrogen and oxygen atoms in total. The van der Waals surface area contributed by atoms with Gasteiger partial charge in [0.05, 0.1) is 17.7 Å². The molecule has 20 heavy (non-hydrogen) atoms. The van der Waals surface area contributed by atoms with Crippen LogP contribution in [0.5, 0.6) is 0 Å². The summed E-state index contributed by atoms with van der Waals surface area (Å²) in [5, 5.41) is 15.9. The van der Waals surface area contributed by atoms with Gasteiger partial charge in [0.15, 0.2) is 0 Å². The molecule has 0 atom stereocenters. The van der Waals surface area contributed by atoms with Crippen molar-refractivity contribution in [2.45, 2.75) is 13.5 Å². The predicted octanol–water partition coefficient (Wildman–Crippen LogP) is 2.82. The number of nitro benzene ring substituents is 1. The first-order valence-corrected chi connectivity index (χ1v) is 5.88. The lowest BCUT2D eigenvalue weighted by molar-refractivity contribution is -0.385. The van der Waals surface area contributed by atoms with Crippen LogP contribution in [-0.2, 0) is 6.54 Å². The van der Waals surface area contributed by atoms with Gasteiger partial charge >= 0.3 is 6.03 Å². The number of nitrogens with zero attached hydrogens (tertiary/aromatic N) is 1. The second kappa shape index (κ2) is 5.87. The first-order chi connectivity index (χ1) is 9.56. The zero-order chi connectivity index (χ0) is 14.5. The number of carbonyl (C=O) groups is 1. The average molecular weight is 275 g/mol. The highest BCUT2D eigenvalue weighted by molar-refractivity contribution is 5.89. The van der Waals surface area contributed by atoms with E-state index in [1.54, 1.807) is 31.2 Å². The van der Waals surface area contributed by atoms with E-state index in [1.165, 1.54) is 12.3 Å². The van der Waals surface area contributed by atoms with Gasteiger partial charge in [-0.25, -0.2) is 4.79 Å². The number of urea groups is 1. The monoisotopic (exact) mass is 275 g/mol. The third-order valence-corrected chi connectivity index (χ3v) is 2.67. The molecular weight excluding hydrogens is 262 g/mol. The van der Waals surface area contributed by atoms with E-state index in [0.717, 1.165) is 0 Å². The van der Waals surface area contributed by atoms with E-state index in [2.05, 4.69) is 10.6 Å². The van der Waals surface area contributed by atoms with Crippen LogP contribution >= 0.6 is 0 Å². The number of anilines is 1. The summed E-state index contributed by atoms with van der Waals surface area (Å²) in [5.74, 6) is 0.620. The van der Waals surface area contributed by atoms with Gasteiger partial charge in [0, 0.05) is 17.3 Å². The number of furan rings is 1. The number of hydrogen-bond donors (Lipinski definition) is 2. The van der Waals surface area contributed by atoms with Crippen LogP contribution in [0.15, 0.2) is 41.0 Å². The van der Waals surface area contributed by atoms with Gasteiger partial charge in [0.25, 0.3) is 5.69 Å². The van der Waals surface area contributed by atoms with E-state index in [9.17, 15) is 14.9 Å². The second-order valence-corrected chi connectivity index (χ2v) is 4.15. The molecule has 0 bridgehead atoms. The van der Waals surface area contributed by atoms with E-state index in [0.29, 0.717) is 17.0 Å². The number of nitrogens with one attached hydrogen (secondary N) is 2. The molecule has 2 N–H and O–H groups in total. The molecule has 2 amide bonds. The molecule has 2 rings (SSSR count). The zero-order valence-electron chi connectivity index (χ0n) is 10.8. The lowest BCUT2D eigenvalue weighted by atomic mass is 10.2. The molecule has 104 valence electrons.